The van der Waals surface area contributed by atoms with Crippen molar-refractivity contribution in [3.05, 3.63) is 0 Å². The number of nitrogens with zero attached hydrogens (tertiary/aromatic N) is 2. The average Bonchev–Trinajstić information content (AvgIpc) is 2.74. The van der Waals surface area contributed by atoms with Gasteiger partial charge in [-0.1, -0.05) is 13.8 Å². The van der Waals surface area contributed by atoms with Crippen LogP contribution in [-0.4, -0.2) is 61.7 Å². The number of nitrogens with one attached hydrogen (secondary N) is 1. The normalized spacial score (nSPS) is 36.5. The SMILES string of the molecule is CCC1CN(CC2CCN(C)C2)C(CC)CN1. The van der Waals surface area contributed by atoms with Gasteiger partial charge in [-0.2, -0.15) is 0 Å². The first-order valence-electron chi connectivity index (χ1n) is 7.38. The molecule has 2 rings (SSSR count). The van der Waals surface area contributed by atoms with Crippen molar-refractivity contribution in [2.24, 2.45) is 5.92 Å². The van der Waals surface area contributed by atoms with Crippen molar-refractivity contribution in [3.63, 3.8) is 0 Å². The van der Waals surface area contributed by atoms with Gasteiger partial charge in [0, 0.05) is 38.3 Å². The molecule has 3 atom stereocenters. The fourth-order valence-corrected chi connectivity index (χ4v) is 3.34. The van der Waals surface area contributed by atoms with E-state index < -0.39 is 0 Å². The Balaban J connectivity index is 1.86. The monoisotopic (exact) mass is 239 g/mol. The van der Waals surface area contributed by atoms with Gasteiger partial charge in [-0.3, -0.25) is 4.90 Å². The van der Waals surface area contributed by atoms with E-state index in [0.29, 0.717) is 0 Å². The minimum Gasteiger partial charge on any atom is -0.311 e. The summed E-state index contributed by atoms with van der Waals surface area (Å²) in [5, 5.41) is 3.68. The molecule has 0 amide bonds. The number of likely N-dealkylation sites (tertiary alicyclic amines) is 1. The fourth-order valence-electron chi connectivity index (χ4n) is 3.34. The quantitative estimate of drug-likeness (QED) is 0.800. The van der Waals surface area contributed by atoms with Crippen molar-refractivity contribution in [2.75, 3.05) is 39.8 Å². The summed E-state index contributed by atoms with van der Waals surface area (Å²) < 4.78 is 0. The second kappa shape index (κ2) is 6.17. The first-order chi connectivity index (χ1) is 8.22. The van der Waals surface area contributed by atoms with E-state index in [0.717, 1.165) is 18.0 Å². The van der Waals surface area contributed by atoms with E-state index >= 15 is 0 Å². The summed E-state index contributed by atoms with van der Waals surface area (Å²) in [6.07, 6.45) is 3.94. The second-order valence-corrected chi connectivity index (χ2v) is 5.95. The Morgan fingerprint density at radius 3 is 2.59 bits per heavy atom. The largest absolute Gasteiger partial charge is 0.311 e. The molecule has 0 aliphatic carbocycles. The highest BCUT2D eigenvalue weighted by molar-refractivity contribution is 4.87. The highest BCUT2D eigenvalue weighted by atomic mass is 15.2. The molecule has 2 saturated heterocycles. The van der Waals surface area contributed by atoms with Crippen LogP contribution in [0.5, 0.6) is 0 Å². The van der Waals surface area contributed by atoms with Crippen molar-refractivity contribution in [1.82, 2.24) is 15.1 Å². The lowest BCUT2D eigenvalue weighted by Crippen LogP contribution is -2.57. The number of hydrogen-bond donors (Lipinski definition) is 1. The molecule has 0 saturated carbocycles. The van der Waals surface area contributed by atoms with Gasteiger partial charge in [-0.15, -0.1) is 0 Å². The molecule has 3 nitrogen and oxygen atoms in total. The third kappa shape index (κ3) is 3.43. The predicted molar refractivity (Wildman–Crippen MR) is 73.3 cm³/mol. The van der Waals surface area contributed by atoms with Gasteiger partial charge in [0.15, 0.2) is 0 Å². The lowest BCUT2D eigenvalue weighted by Gasteiger charge is -2.41. The molecule has 0 radical (unpaired) electrons. The molecule has 0 aromatic rings. The molecule has 3 heteroatoms. The summed E-state index contributed by atoms with van der Waals surface area (Å²) in [4.78, 5) is 5.24. The van der Waals surface area contributed by atoms with Gasteiger partial charge in [-0.05, 0) is 38.8 Å². The van der Waals surface area contributed by atoms with Crippen LogP contribution in [0.3, 0.4) is 0 Å². The van der Waals surface area contributed by atoms with Crippen molar-refractivity contribution in [1.29, 1.82) is 0 Å². The van der Waals surface area contributed by atoms with Crippen LogP contribution in [0.15, 0.2) is 0 Å². The summed E-state index contributed by atoms with van der Waals surface area (Å²) in [6.45, 7) is 11.0. The maximum atomic E-state index is 3.68. The Morgan fingerprint density at radius 1 is 1.18 bits per heavy atom. The predicted octanol–water partition coefficient (Wildman–Crippen LogP) is 1.40. The molecular weight excluding hydrogens is 210 g/mol. The Labute approximate surface area is 107 Å². The minimum absolute atomic E-state index is 0.719. The molecular formula is C14H29N3. The first kappa shape index (κ1) is 13.3. The third-order valence-corrected chi connectivity index (χ3v) is 4.56. The van der Waals surface area contributed by atoms with Crippen molar-refractivity contribution >= 4 is 0 Å². The molecule has 100 valence electrons. The van der Waals surface area contributed by atoms with Gasteiger partial charge < -0.3 is 10.2 Å². The molecule has 2 aliphatic rings. The van der Waals surface area contributed by atoms with Crippen LogP contribution in [0, 0.1) is 5.92 Å². The Bertz CT molecular complexity index is 232. The van der Waals surface area contributed by atoms with Crippen LogP contribution >= 0.6 is 0 Å². The molecule has 2 fully saturated rings. The summed E-state index contributed by atoms with van der Waals surface area (Å²) in [5.74, 6) is 0.907. The minimum atomic E-state index is 0.719. The third-order valence-electron chi connectivity index (χ3n) is 4.56. The topological polar surface area (TPSA) is 18.5 Å². The van der Waals surface area contributed by atoms with E-state index in [2.05, 4.69) is 36.0 Å². The van der Waals surface area contributed by atoms with Crippen LogP contribution in [-0.2, 0) is 0 Å². The molecule has 0 aromatic carbocycles. The molecule has 0 aromatic heterocycles. The van der Waals surface area contributed by atoms with Crippen molar-refractivity contribution < 1.29 is 0 Å². The van der Waals surface area contributed by atoms with Gasteiger partial charge in [0.1, 0.15) is 0 Å². The Hall–Kier alpha value is -0.120. The molecule has 0 bridgehead atoms. The summed E-state index contributed by atoms with van der Waals surface area (Å²) >= 11 is 0. The maximum Gasteiger partial charge on any atom is 0.0218 e. The van der Waals surface area contributed by atoms with Gasteiger partial charge >= 0.3 is 0 Å². The van der Waals surface area contributed by atoms with E-state index in [-0.39, 0.29) is 0 Å². The van der Waals surface area contributed by atoms with Crippen LogP contribution in [0.25, 0.3) is 0 Å². The lowest BCUT2D eigenvalue weighted by atomic mass is 10.0. The summed E-state index contributed by atoms with van der Waals surface area (Å²) in [5.41, 5.74) is 0. The molecule has 17 heavy (non-hydrogen) atoms. The zero-order chi connectivity index (χ0) is 12.3. The zero-order valence-corrected chi connectivity index (χ0v) is 11.8. The van der Waals surface area contributed by atoms with Crippen molar-refractivity contribution in [2.45, 2.75) is 45.2 Å². The van der Waals surface area contributed by atoms with Crippen LogP contribution < -0.4 is 5.32 Å². The first-order valence-corrected chi connectivity index (χ1v) is 7.38. The van der Waals surface area contributed by atoms with Crippen LogP contribution in [0.1, 0.15) is 33.1 Å². The summed E-state index contributed by atoms with van der Waals surface area (Å²) in [7, 11) is 2.25. The molecule has 2 heterocycles. The smallest absolute Gasteiger partial charge is 0.0218 e. The van der Waals surface area contributed by atoms with E-state index in [4.69, 9.17) is 0 Å². The Kier molecular flexibility index (Phi) is 4.83. The lowest BCUT2D eigenvalue weighted by molar-refractivity contribution is 0.107. The number of hydrogen-bond acceptors (Lipinski definition) is 3. The van der Waals surface area contributed by atoms with Gasteiger partial charge in [0.25, 0.3) is 0 Å². The molecule has 3 unspecified atom stereocenters. The Morgan fingerprint density at radius 2 is 2.00 bits per heavy atom. The van der Waals surface area contributed by atoms with E-state index in [1.807, 2.05) is 0 Å². The van der Waals surface area contributed by atoms with E-state index in [9.17, 15) is 0 Å². The standard InChI is InChI=1S/C14H29N3/c1-4-13-11-17(14(5-2)8-15-13)10-12-6-7-16(3)9-12/h12-15H,4-11H2,1-3H3. The van der Waals surface area contributed by atoms with E-state index in [1.54, 1.807) is 0 Å². The molecule has 2 aliphatic heterocycles. The van der Waals surface area contributed by atoms with E-state index in [1.165, 1.54) is 52.0 Å². The number of piperazine rings is 1. The zero-order valence-electron chi connectivity index (χ0n) is 11.8. The summed E-state index contributed by atoms with van der Waals surface area (Å²) in [6, 6.07) is 1.49. The van der Waals surface area contributed by atoms with Crippen LogP contribution in [0.4, 0.5) is 0 Å². The van der Waals surface area contributed by atoms with Gasteiger partial charge in [-0.25, -0.2) is 0 Å². The fraction of sp³-hybridized carbons (Fsp3) is 1.00. The number of rotatable bonds is 4. The van der Waals surface area contributed by atoms with Gasteiger partial charge in [0.2, 0.25) is 0 Å². The molecule has 0 spiro atoms. The van der Waals surface area contributed by atoms with Crippen LogP contribution in [0.2, 0.25) is 0 Å². The highest BCUT2D eigenvalue weighted by Gasteiger charge is 2.29. The van der Waals surface area contributed by atoms with Gasteiger partial charge in [0.05, 0.1) is 0 Å². The highest BCUT2D eigenvalue weighted by Crippen LogP contribution is 2.20. The van der Waals surface area contributed by atoms with Crippen molar-refractivity contribution in [3.8, 4) is 0 Å². The average molecular weight is 239 g/mol. The molecule has 1 N–H and O–H groups in total. The maximum absolute atomic E-state index is 3.68. The second-order valence-electron chi connectivity index (χ2n) is 5.95.